The summed E-state index contributed by atoms with van der Waals surface area (Å²) in [5, 5.41) is 6.59. The van der Waals surface area contributed by atoms with E-state index in [1.165, 1.54) is 16.3 Å². The van der Waals surface area contributed by atoms with Crippen LogP contribution in [0.1, 0.15) is 36.5 Å². The molecule has 1 aliphatic rings. The minimum absolute atomic E-state index is 0. The minimum atomic E-state index is -0.343. The summed E-state index contributed by atoms with van der Waals surface area (Å²) in [6.45, 7) is 0. The molecule has 0 bridgehead atoms. The van der Waals surface area contributed by atoms with Gasteiger partial charge < -0.3 is 10.3 Å². The Balaban J connectivity index is 0.00000156. The monoisotopic (exact) mass is 329 g/mol. The lowest BCUT2D eigenvalue weighted by Gasteiger charge is -2.34. The lowest BCUT2D eigenvalue weighted by Crippen LogP contribution is -2.44. The molecule has 3 aromatic rings. The summed E-state index contributed by atoms with van der Waals surface area (Å²) >= 11 is 0. The molecule has 4 nitrogen and oxygen atoms in total. The van der Waals surface area contributed by atoms with E-state index in [0.29, 0.717) is 11.7 Å². The summed E-state index contributed by atoms with van der Waals surface area (Å²) in [5.41, 5.74) is 7.16. The molecule has 0 spiro atoms. The number of fused-ring (bicyclic) bond motifs is 1. The topological polar surface area (TPSA) is 64.9 Å². The smallest absolute Gasteiger partial charge is 0.227 e. The fourth-order valence-electron chi connectivity index (χ4n) is 2.99. The van der Waals surface area contributed by atoms with Gasteiger partial charge in [-0.2, -0.15) is 4.98 Å². The van der Waals surface area contributed by atoms with Crippen LogP contribution in [0.4, 0.5) is 0 Å². The van der Waals surface area contributed by atoms with Gasteiger partial charge in [0.1, 0.15) is 0 Å². The second-order valence-electron chi connectivity index (χ2n) is 6.20. The first-order valence-electron chi connectivity index (χ1n) is 7.83. The van der Waals surface area contributed by atoms with Crippen LogP contribution in [-0.4, -0.2) is 10.1 Å². The Hall–Kier alpha value is -1.91. The Kier molecular flexibility index (Phi) is 4.37. The van der Waals surface area contributed by atoms with Gasteiger partial charge in [0.2, 0.25) is 5.89 Å². The van der Waals surface area contributed by atoms with Crippen LogP contribution in [0.2, 0.25) is 0 Å². The van der Waals surface area contributed by atoms with Gasteiger partial charge in [-0.15, -0.1) is 12.4 Å². The molecule has 2 aromatic carbocycles. The number of nitrogens with two attached hydrogens (primary N) is 1. The van der Waals surface area contributed by atoms with Crippen LogP contribution >= 0.6 is 12.4 Å². The molecule has 0 radical (unpaired) electrons. The zero-order chi connectivity index (χ0) is 15.0. The third-order valence-corrected chi connectivity index (χ3v) is 4.60. The predicted octanol–water partition coefficient (Wildman–Crippen LogP) is 3.77. The van der Waals surface area contributed by atoms with Crippen LogP contribution in [0.15, 0.2) is 47.0 Å². The first kappa shape index (κ1) is 16.0. The van der Waals surface area contributed by atoms with Crippen molar-refractivity contribution in [2.45, 2.75) is 37.6 Å². The highest BCUT2D eigenvalue weighted by Gasteiger charge is 2.38. The van der Waals surface area contributed by atoms with Crippen molar-refractivity contribution < 1.29 is 4.52 Å². The van der Waals surface area contributed by atoms with Gasteiger partial charge in [-0.25, -0.2) is 0 Å². The van der Waals surface area contributed by atoms with Gasteiger partial charge in [0.25, 0.3) is 0 Å². The van der Waals surface area contributed by atoms with Gasteiger partial charge in [0.05, 0.1) is 5.54 Å². The number of benzene rings is 2. The number of hydrogen-bond donors (Lipinski definition) is 1. The third-order valence-electron chi connectivity index (χ3n) is 4.60. The highest BCUT2D eigenvalue weighted by Crippen LogP contribution is 2.36. The van der Waals surface area contributed by atoms with E-state index in [-0.39, 0.29) is 17.9 Å². The number of hydrogen-bond acceptors (Lipinski definition) is 4. The fourth-order valence-corrected chi connectivity index (χ4v) is 2.99. The Bertz CT molecular complexity index is 811. The van der Waals surface area contributed by atoms with Gasteiger partial charge in [-0.05, 0) is 42.0 Å². The van der Waals surface area contributed by atoms with Crippen molar-refractivity contribution in [1.82, 2.24) is 10.1 Å². The molecule has 5 heteroatoms. The van der Waals surface area contributed by atoms with E-state index < -0.39 is 0 Å². The molecular formula is C18H20ClN3O. The molecular weight excluding hydrogens is 310 g/mol. The molecule has 0 aliphatic heterocycles. The maximum atomic E-state index is 6.22. The molecule has 1 fully saturated rings. The van der Waals surface area contributed by atoms with Gasteiger partial charge in [0.15, 0.2) is 5.82 Å². The Labute approximate surface area is 141 Å². The normalized spacial score (nSPS) is 15.9. The van der Waals surface area contributed by atoms with Crippen LogP contribution in [0.25, 0.3) is 10.8 Å². The second kappa shape index (κ2) is 6.30. The average molecular weight is 330 g/mol. The highest BCUT2D eigenvalue weighted by molar-refractivity contribution is 5.85. The summed E-state index contributed by atoms with van der Waals surface area (Å²) in [6, 6.07) is 14.9. The Morgan fingerprint density at radius 1 is 1.04 bits per heavy atom. The summed E-state index contributed by atoms with van der Waals surface area (Å²) in [4.78, 5) is 4.48. The van der Waals surface area contributed by atoms with E-state index in [0.717, 1.165) is 32.1 Å². The number of rotatable bonds is 4. The SMILES string of the molecule is Cl.NC1(c2noc(CCc3ccc4ccccc4c3)n2)CCC1. The second-order valence-corrected chi connectivity index (χ2v) is 6.20. The van der Waals surface area contributed by atoms with E-state index in [4.69, 9.17) is 10.3 Å². The minimum Gasteiger partial charge on any atom is -0.339 e. The molecule has 2 N–H and O–H groups in total. The van der Waals surface area contributed by atoms with Crippen molar-refractivity contribution in [3.63, 3.8) is 0 Å². The van der Waals surface area contributed by atoms with Crippen molar-refractivity contribution in [2.24, 2.45) is 5.73 Å². The maximum Gasteiger partial charge on any atom is 0.227 e. The number of aromatic nitrogens is 2. The lowest BCUT2D eigenvalue weighted by molar-refractivity contribution is 0.229. The zero-order valence-electron chi connectivity index (χ0n) is 12.9. The molecule has 0 atom stereocenters. The van der Waals surface area contributed by atoms with Gasteiger partial charge >= 0.3 is 0 Å². The van der Waals surface area contributed by atoms with E-state index in [9.17, 15) is 0 Å². The van der Waals surface area contributed by atoms with E-state index in [1.807, 2.05) is 0 Å². The van der Waals surface area contributed by atoms with Crippen molar-refractivity contribution in [3.8, 4) is 0 Å². The average Bonchev–Trinajstić information content (AvgIpc) is 3.00. The van der Waals surface area contributed by atoms with E-state index >= 15 is 0 Å². The molecule has 0 saturated heterocycles. The number of nitrogens with zero attached hydrogens (tertiary/aromatic N) is 2. The van der Waals surface area contributed by atoms with Crippen LogP contribution in [-0.2, 0) is 18.4 Å². The quantitative estimate of drug-likeness (QED) is 0.791. The van der Waals surface area contributed by atoms with Crippen LogP contribution in [0.3, 0.4) is 0 Å². The third kappa shape index (κ3) is 3.09. The highest BCUT2D eigenvalue weighted by atomic mass is 35.5. The standard InChI is InChI=1S/C18H19N3O.ClH/c19-18(10-3-11-18)17-20-16(22-21-17)9-7-13-6-8-14-4-1-2-5-15(14)12-13;/h1-2,4-6,8,12H,3,7,9-11,19H2;1H. The van der Waals surface area contributed by atoms with Crippen molar-refractivity contribution in [3.05, 3.63) is 59.7 Å². The molecule has 0 unspecified atom stereocenters. The first-order chi connectivity index (χ1) is 10.7. The summed E-state index contributed by atoms with van der Waals surface area (Å²) in [6.07, 6.45) is 4.70. The maximum absolute atomic E-state index is 6.22. The first-order valence-corrected chi connectivity index (χ1v) is 7.83. The lowest BCUT2D eigenvalue weighted by atomic mass is 9.77. The summed E-state index contributed by atoms with van der Waals surface area (Å²) in [5.74, 6) is 1.35. The van der Waals surface area contributed by atoms with Gasteiger partial charge in [-0.1, -0.05) is 47.6 Å². The predicted molar refractivity (Wildman–Crippen MR) is 92.6 cm³/mol. The summed E-state index contributed by atoms with van der Waals surface area (Å²) < 4.78 is 5.35. The molecule has 1 aromatic heterocycles. The molecule has 0 amide bonds. The molecule has 1 heterocycles. The number of aryl methyl sites for hydroxylation is 2. The zero-order valence-corrected chi connectivity index (χ0v) is 13.7. The number of halogens is 1. The van der Waals surface area contributed by atoms with Crippen molar-refractivity contribution >= 4 is 23.2 Å². The van der Waals surface area contributed by atoms with E-state index in [2.05, 4.69) is 52.6 Å². The van der Waals surface area contributed by atoms with Crippen LogP contribution in [0.5, 0.6) is 0 Å². The Morgan fingerprint density at radius 3 is 2.57 bits per heavy atom. The van der Waals surface area contributed by atoms with Crippen LogP contribution in [0, 0.1) is 0 Å². The van der Waals surface area contributed by atoms with E-state index in [1.54, 1.807) is 0 Å². The Morgan fingerprint density at radius 2 is 1.83 bits per heavy atom. The van der Waals surface area contributed by atoms with Crippen LogP contribution < -0.4 is 5.73 Å². The fraction of sp³-hybridized carbons (Fsp3) is 0.333. The molecule has 4 rings (SSSR count). The molecule has 1 saturated carbocycles. The molecule has 23 heavy (non-hydrogen) atoms. The van der Waals surface area contributed by atoms with Crippen molar-refractivity contribution in [1.29, 1.82) is 0 Å². The molecule has 120 valence electrons. The molecule has 1 aliphatic carbocycles. The largest absolute Gasteiger partial charge is 0.339 e. The van der Waals surface area contributed by atoms with Gasteiger partial charge in [-0.3, -0.25) is 0 Å². The summed E-state index contributed by atoms with van der Waals surface area (Å²) in [7, 11) is 0. The van der Waals surface area contributed by atoms with Crippen molar-refractivity contribution in [2.75, 3.05) is 0 Å². The van der Waals surface area contributed by atoms with Gasteiger partial charge in [0, 0.05) is 6.42 Å².